The maximum absolute atomic E-state index is 15.1. The number of carbonyl (C=O) groups is 4. The summed E-state index contributed by atoms with van der Waals surface area (Å²) in [7, 11) is -3.92. The van der Waals surface area contributed by atoms with Crippen LogP contribution in [0.25, 0.3) is 33.5 Å². The number of hydrogen-bond acceptors (Lipinski definition) is 12. The molecule has 3 aliphatic carbocycles. The number of nitrogens with one attached hydrogen (secondary N) is 2. The Morgan fingerprint density at radius 2 is 1.76 bits per heavy atom. The lowest BCUT2D eigenvalue weighted by atomic mass is 9.90. The van der Waals surface area contributed by atoms with Crippen molar-refractivity contribution in [2.24, 2.45) is 17.3 Å². The van der Waals surface area contributed by atoms with Gasteiger partial charge in [0, 0.05) is 47.6 Å². The number of fused-ring (bicyclic) bond motifs is 5. The molecule has 2 aliphatic heterocycles. The van der Waals surface area contributed by atoms with Gasteiger partial charge < -0.3 is 19.4 Å². The summed E-state index contributed by atoms with van der Waals surface area (Å²) in [6.07, 6.45) is 4.87. The molecule has 0 unspecified atom stereocenters. The smallest absolute Gasteiger partial charge is 0.416 e. The van der Waals surface area contributed by atoms with Gasteiger partial charge in [0.25, 0.3) is 11.8 Å². The van der Waals surface area contributed by atoms with E-state index in [1.807, 2.05) is 12.2 Å². The predicted molar refractivity (Wildman–Crippen MR) is 237 cm³/mol. The van der Waals surface area contributed by atoms with Gasteiger partial charge in [-0.1, -0.05) is 49.3 Å². The van der Waals surface area contributed by atoms with Crippen LogP contribution in [0.15, 0.2) is 70.5 Å². The van der Waals surface area contributed by atoms with Crippen LogP contribution in [0.5, 0.6) is 5.88 Å². The number of ketones is 1. The molecule has 0 bridgehead atoms. The minimum Gasteiger partial charge on any atom is -0.470 e. The highest BCUT2D eigenvalue weighted by Gasteiger charge is 2.61. The lowest BCUT2D eigenvalue weighted by Crippen LogP contribution is -2.46. The molecule has 0 radical (unpaired) electrons. The second kappa shape index (κ2) is 17.2. The quantitative estimate of drug-likeness (QED) is 0.130. The Morgan fingerprint density at radius 3 is 2.52 bits per heavy atom. The molecule has 66 heavy (non-hydrogen) atoms. The van der Waals surface area contributed by atoms with Crippen LogP contribution in [0, 0.1) is 17.3 Å². The minimum absolute atomic E-state index is 0.0139. The number of hydrogen-bond donors (Lipinski definition) is 2. The molecular formula is C47H47F3N6O8S2. The van der Waals surface area contributed by atoms with Crippen molar-refractivity contribution in [3.8, 4) is 17.3 Å². The van der Waals surface area contributed by atoms with Gasteiger partial charge in [0.2, 0.25) is 27.4 Å². The summed E-state index contributed by atoms with van der Waals surface area (Å²) in [4.78, 5) is 72.3. The number of furan rings is 1. The molecule has 5 aliphatic rings. The van der Waals surface area contributed by atoms with E-state index in [0.29, 0.717) is 53.6 Å². The summed E-state index contributed by atoms with van der Waals surface area (Å²) in [5, 5.41) is 5.19. The Balaban J connectivity index is 0.990. The van der Waals surface area contributed by atoms with Crippen LogP contribution in [0.4, 0.5) is 13.2 Å². The zero-order chi connectivity index (χ0) is 46.0. The van der Waals surface area contributed by atoms with Gasteiger partial charge in [-0.15, -0.1) is 11.3 Å². The molecule has 2 N–H and O–H groups in total. The van der Waals surface area contributed by atoms with Gasteiger partial charge >= 0.3 is 6.18 Å². The second-order valence-electron chi connectivity index (χ2n) is 18.3. The molecule has 4 fully saturated rings. The zero-order valence-corrected chi connectivity index (χ0v) is 37.4. The average Bonchev–Trinajstić information content (AvgIpc) is 4.26. The maximum atomic E-state index is 15.1. The fraction of sp³-hybridized carbons (Fsp3) is 0.468. The molecule has 346 valence electrons. The number of aromatic nitrogens is 3. The normalized spacial score (nSPS) is 25.7. The molecular weight excluding hydrogens is 898 g/mol. The van der Waals surface area contributed by atoms with E-state index in [2.05, 4.69) is 20.0 Å². The number of ether oxygens (including phenoxy) is 1. The molecule has 14 nitrogen and oxygen atoms in total. The van der Waals surface area contributed by atoms with Crippen molar-refractivity contribution in [3.63, 3.8) is 0 Å². The SMILES string of the molecule is O=C(NC1CC1)c1csc(C[C@H]2CCCCC/C=C\[C@H]3C[C@@]3(C(=O)NS(=O)(=O)C3CC3)CC(=O)[C@@H]3C[C@@H](Oc4nc(-c5ccc(C(F)(F)F)cc5)nc5c4oc4ccccc45)CN3C2=O)n1. The number of carbonyl (C=O) groups excluding carboxylic acids is 4. The standard InChI is InChI=1S/C47H47F3N6O8S2/c48-47(49,50)28-14-12-26(13-15-28)41-53-39-33-10-6-7-11-37(33)64-40(39)43(54-41)63-31-21-35-36(57)23-46(45(60)55-66(61,62)32-18-19-32)22-29(46)9-5-3-1-2-4-8-27(44(59)56(35)24-31)20-38-52-34(25-65-38)42(58)51-30-16-17-30/h5-7,9-15,25,27,29-32,35H,1-4,8,16-24H2,(H,51,58)(H,55,60)/b9-5-/t27-,29+,31-,35+,46-/m1/s1. The van der Waals surface area contributed by atoms with Crippen molar-refractivity contribution in [2.75, 3.05) is 6.54 Å². The summed E-state index contributed by atoms with van der Waals surface area (Å²) in [6.45, 7) is -0.0709. The highest BCUT2D eigenvalue weighted by atomic mass is 32.2. The number of amides is 3. The molecule has 10 rings (SSSR count). The summed E-state index contributed by atoms with van der Waals surface area (Å²) < 4.78 is 81.8. The summed E-state index contributed by atoms with van der Waals surface area (Å²) in [5.41, 5.74) is -0.638. The molecule has 3 aromatic heterocycles. The summed E-state index contributed by atoms with van der Waals surface area (Å²) >= 11 is 1.29. The lowest BCUT2D eigenvalue weighted by molar-refractivity contribution is -0.142. The first-order valence-electron chi connectivity index (χ1n) is 22.5. The van der Waals surface area contributed by atoms with Gasteiger partial charge in [-0.3, -0.25) is 23.9 Å². The Hall–Kier alpha value is -5.69. The molecule has 2 aromatic carbocycles. The number of allylic oxidation sites excluding steroid dienone is 2. The van der Waals surface area contributed by atoms with Gasteiger partial charge in [-0.2, -0.15) is 18.2 Å². The van der Waals surface area contributed by atoms with Crippen LogP contribution in [0.2, 0.25) is 0 Å². The topological polar surface area (TPSA) is 191 Å². The maximum Gasteiger partial charge on any atom is 0.416 e. The van der Waals surface area contributed by atoms with E-state index in [1.54, 1.807) is 29.6 Å². The first-order valence-corrected chi connectivity index (χ1v) is 24.9. The molecule has 5 heterocycles. The molecule has 5 aromatic rings. The lowest BCUT2D eigenvalue weighted by Gasteiger charge is -2.29. The number of benzene rings is 2. The van der Waals surface area contributed by atoms with Crippen molar-refractivity contribution in [1.29, 1.82) is 0 Å². The predicted octanol–water partition coefficient (Wildman–Crippen LogP) is 7.71. The zero-order valence-electron chi connectivity index (χ0n) is 35.7. The van der Waals surface area contributed by atoms with Crippen LogP contribution in [-0.4, -0.2) is 81.8 Å². The first-order chi connectivity index (χ1) is 31.6. The van der Waals surface area contributed by atoms with E-state index in [1.165, 1.54) is 28.4 Å². The second-order valence-corrected chi connectivity index (χ2v) is 21.2. The minimum atomic E-state index is -4.56. The van der Waals surface area contributed by atoms with Gasteiger partial charge in [0.1, 0.15) is 22.9 Å². The fourth-order valence-corrected chi connectivity index (χ4v) is 11.5. The van der Waals surface area contributed by atoms with Crippen LogP contribution in [-0.2, 0) is 37.0 Å². The fourth-order valence-electron chi connectivity index (χ4n) is 9.27. The van der Waals surface area contributed by atoms with Gasteiger partial charge in [-0.05, 0) is 81.5 Å². The number of nitrogens with zero attached hydrogens (tertiary/aromatic N) is 4. The molecule has 3 amide bonds. The molecule has 1 saturated heterocycles. The number of sulfonamides is 1. The number of thiazole rings is 1. The van der Waals surface area contributed by atoms with Crippen LogP contribution < -0.4 is 14.8 Å². The van der Waals surface area contributed by atoms with E-state index < -0.39 is 62.2 Å². The Bertz CT molecular complexity index is 2870. The van der Waals surface area contributed by atoms with Crippen LogP contribution >= 0.6 is 11.3 Å². The van der Waals surface area contributed by atoms with Crippen molar-refractivity contribution in [2.45, 2.75) is 113 Å². The summed E-state index contributed by atoms with van der Waals surface area (Å²) in [5.74, 6) is -2.72. The molecule has 0 spiro atoms. The van der Waals surface area contributed by atoms with Crippen LogP contribution in [0.1, 0.15) is 98.1 Å². The van der Waals surface area contributed by atoms with E-state index >= 15 is 4.79 Å². The van der Waals surface area contributed by atoms with Gasteiger partial charge in [0.05, 0.1) is 33.8 Å². The Kier molecular flexibility index (Phi) is 11.5. The van der Waals surface area contributed by atoms with Crippen molar-refractivity contribution < 1.29 is 49.9 Å². The molecule has 3 saturated carbocycles. The summed E-state index contributed by atoms with van der Waals surface area (Å²) in [6, 6.07) is 10.6. The largest absolute Gasteiger partial charge is 0.470 e. The van der Waals surface area contributed by atoms with E-state index in [0.717, 1.165) is 37.8 Å². The number of para-hydroxylation sites is 1. The third-order valence-electron chi connectivity index (χ3n) is 13.4. The van der Waals surface area contributed by atoms with E-state index in [4.69, 9.17) is 14.1 Å². The van der Waals surface area contributed by atoms with Gasteiger partial charge in [-0.25, -0.2) is 18.4 Å². The van der Waals surface area contributed by atoms with Crippen molar-refractivity contribution >= 4 is 66.9 Å². The monoisotopic (exact) mass is 944 g/mol. The number of alkyl halides is 3. The van der Waals surface area contributed by atoms with Crippen LogP contribution in [0.3, 0.4) is 0 Å². The number of Topliss-reactive ketones (excluding diaryl/α,β-unsaturated/α-hetero) is 1. The first kappa shape index (κ1) is 44.2. The Morgan fingerprint density at radius 1 is 0.970 bits per heavy atom. The number of rotatable bonds is 10. The highest BCUT2D eigenvalue weighted by molar-refractivity contribution is 7.90. The highest BCUT2D eigenvalue weighted by Crippen LogP contribution is 2.57. The van der Waals surface area contributed by atoms with E-state index in [-0.39, 0.29) is 84.5 Å². The van der Waals surface area contributed by atoms with E-state index in [9.17, 15) is 36.0 Å². The third kappa shape index (κ3) is 9.07. The third-order valence-corrected chi connectivity index (χ3v) is 16.1. The number of halogens is 3. The molecule has 5 atom stereocenters. The molecule has 19 heteroatoms. The average molecular weight is 945 g/mol. The van der Waals surface area contributed by atoms with Crippen molar-refractivity contribution in [1.82, 2.24) is 29.9 Å². The van der Waals surface area contributed by atoms with Gasteiger partial charge in [0.15, 0.2) is 11.6 Å². The Labute approximate surface area is 381 Å². The van der Waals surface area contributed by atoms with Crippen molar-refractivity contribution in [3.05, 3.63) is 82.3 Å².